The number of carboxylic acid groups (broad SMARTS) is 2. The third-order valence-electron chi connectivity index (χ3n) is 6.23. The summed E-state index contributed by atoms with van der Waals surface area (Å²) >= 11 is -1.23. The van der Waals surface area contributed by atoms with Crippen LogP contribution in [-0.2, 0) is 20.8 Å². The van der Waals surface area contributed by atoms with E-state index >= 15 is 0 Å². The van der Waals surface area contributed by atoms with Crippen LogP contribution in [0.1, 0.15) is 71.3 Å². The van der Waals surface area contributed by atoms with Gasteiger partial charge in [-0.25, -0.2) is 9.59 Å². The summed E-state index contributed by atoms with van der Waals surface area (Å²) in [4.78, 5) is 22.5. The maximum Gasteiger partial charge on any atom is 0.414 e. The summed E-state index contributed by atoms with van der Waals surface area (Å²) in [5.41, 5.74) is 2.14. The summed E-state index contributed by atoms with van der Waals surface area (Å²) < 4.78 is 21.6. The molecule has 0 radical (unpaired) electrons. The first-order valence-corrected chi connectivity index (χ1v) is 14.8. The summed E-state index contributed by atoms with van der Waals surface area (Å²) in [5, 5.41) is 14.8. The van der Waals surface area contributed by atoms with Gasteiger partial charge in [-0.2, -0.15) is 0 Å². The zero-order chi connectivity index (χ0) is 28.8. The van der Waals surface area contributed by atoms with Crippen molar-refractivity contribution in [1.29, 1.82) is 0 Å². The molecule has 0 fully saturated rings. The van der Waals surface area contributed by atoms with Gasteiger partial charge in [0.05, 0.1) is 6.61 Å². The Morgan fingerprint density at radius 1 is 0.949 bits per heavy atom. The molecular formula is C30H42N2O6S. The highest BCUT2D eigenvalue weighted by Gasteiger charge is 2.26. The lowest BCUT2D eigenvalue weighted by atomic mass is 10.1. The number of fused-ring (bicyclic) bond motifs is 1. The highest BCUT2D eigenvalue weighted by Crippen LogP contribution is 2.34. The van der Waals surface area contributed by atoms with E-state index in [1.165, 1.54) is 38.8 Å². The minimum absolute atomic E-state index is 0.306. The van der Waals surface area contributed by atoms with E-state index in [0.717, 1.165) is 39.6 Å². The first-order valence-electron chi connectivity index (χ1n) is 13.6. The monoisotopic (exact) mass is 558 g/mol. The number of pyridine rings is 1. The van der Waals surface area contributed by atoms with Gasteiger partial charge >= 0.3 is 11.9 Å². The van der Waals surface area contributed by atoms with Gasteiger partial charge < -0.3 is 28.8 Å². The molecule has 8 nitrogen and oxygen atoms in total. The summed E-state index contributed by atoms with van der Waals surface area (Å²) in [5.74, 6) is -2.50. The maximum atomic E-state index is 13.5. The van der Waals surface area contributed by atoms with Gasteiger partial charge in [-0.3, -0.25) is 0 Å². The second kappa shape index (κ2) is 16.8. The molecule has 0 aliphatic carbocycles. The number of carboxylic acids is 2. The molecule has 2 heterocycles. The molecule has 0 aliphatic heterocycles. The number of hydrogen-bond donors (Lipinski definition) is 2. The van der Waals surface area contributed by atoms with Gasteiger partial charge in [0, 0.05) is 35.7 Å². The van der Waals surface area contributed by atoms with Crippen LogP contribution >= 0.6 is 0 Å². The lowest BCUT2D eigenvalue weighted by Gasteiger charge is -2.21. The van der Waals surface area contributed by atoms with E-state index in [0.29, 0.717) is 12.5 Å². The SMILES string of the molecule is CCCCN(CCCC)CCCOc1ccc([S+]([O-])c2c(C(C)C)cn3ccccc23)cc1.O=C(O)C(=O)O. The van der Waals surface area contributed by atoms with Crippen LogP contribution in [0.4, 0.5) is 0 Å². The number of nitrogens with zero attached hydrogens (tertiary/aromatic N) is 2. The van der Waals surface area contributed by atoms with Crippen molar-refractivity contribution in [2.45, 2.75) is 75.5 Å². The topological polar surface area (TPSA) is 115 Å². The smallest absolute Gasteiger partial charge is 0.414 e. The third kappa shape index (κ3) is 10.2. The van der Waals surface area contributed by atoms with Gasteiger partial charge in [-0.15, -0.1) is 0 Å². The van der Waals surface area contributed by atoms with E-state index in [1.807, 2.05) is 48.7 Å². The molecule has 0 saturated heterocycles. The molecule has 0 bridgehead atoms. The van der Waals surface area contributed by atoms with E-state index in [9.17, 15) is 4.55 Å². The number of aromatic nitrogens is 1. The van der Waals surface area contributed by atoms with Gasteiger partial charge in [0.25, 0.3) is 0 Å². The van der Waals surface area contributed by atoms with E-state index in [4.69, 9.17) is 24.5 Å². The number of ether oxygens (including phenoxy) is 1. The van der Waals surface area contributed by atoms with Gasteiger partial charge in [0.15, 0.2) is 9.79 Å². The molecule has 2 N–H and O–H groups in total. The molecule has 214 valence electrons. The average molecular weight is 559 g/mol. The van der Waals surface area contributed by atoms with Crippen LogP contribution < -0.4 is 4.74 Å². The number of hydrogen-bond acceptors (Lipinski definition) is 5. The van der Waals surface area contributed by atoms with Crippen LogP contribution in [0.2, 0.25) is 0 Å². The molecule has 0 saturated carbocycles. The van der Waals surface area contributed by atoms with Crippen molar-refractivity contribution < 1.29 is 29.1 Å². The van der Waals surface area contributed by atoms with Gasteiger partial charge in [0.2, 0.25) is 0 Å². The zero-order valence-electron chi connectivity index (χ0n) is 23.5. The second-order valence-electron chi connectivity index (χ2n) is 9.66. The number of aliphatic carboxylic acids is 2. The quantitative estimate of drug-likeness (QED) is 0.140. The van der Waals surface area contributed by atoms with Gasteiger partial charge in [0.1, 0.15) is 11.3 Å². The Morgan fingerprint density at radius 3 is 2.08 bits per heavy atom. The largest absolute Gasteiger partial charge is 0.606 e. The standard InChI is InChI=1S/C28H40N2O2S.C2H2O4/c1-5-7-17-29(18-8-6-2)19-11-21-32-24-13-15-25(16-14-24)33(31)28-26(23(3)4)22-30-20-10-9-12-27(28)30;3-1(4)2(5)6/h9-10,12-16,20,22-23H,5-8,11,17-19,21H2,1-4H3;(H,3,4)(H,5,6). The van der Waals surface area contributed by atoms with E-state index < -0.39 is 23.1 Å². The summed E-state index contributed by atoms with van der Waals surface area (Å²) in [6.45, 7) is 13.0. The van der Waals surface area contributed by atoms with Crippen LogP contribution in [0.25, 0.3) is 5.52 Å². The normalized spacial score (nSPS) is 11.9. The molecule has 2 aromatic heterocycles. The molecule has 39 heavy (non-hydrogen) atoms. The number of benzene rings is 1. The fourth-order valence-corrected chi connectivity index (χ4v) is 5.57. The Balaban J connectivity index is 0.000000798. The Kier molecular flexibility index (Phi) is 13.9. The van der Waals surface area contributed by atoms with E-state index in [1.54, 1.807) is 0 Å². The van der Waals surface area contributed by atoms with Gasteiger partial charge in [-0.1, -0.05) is 46.6 Å². The predicted molar refractivity (Wildman–Crippen MR) is 154 cm³/mol. The van der Waals surface area contributed by atoms with Crippen molar-refractivity contribution >= 4 is 28.6 Å². The summed E-state index contributed by atoms with van der Waals surface area (Å²) in [6.07, 6.45) is 10.2. The Bertz CT molecular complexity index is 1140. The van der Waals surface area contributed by atoms with Crippen molar-refractivity contribution in [2.24, 2.45) is 0 Å². The van der Waals surface area contributed by atoms with Crippen LogP contribution in [0.3, 0.4) is 0 Å². The molecule has 1 atom stereocenters. The minimum atomic E-state index is -1.82. The fourth-order valence-electron chi connectivity index (χ4n) is 4.08. The molecular weight excluding hydrogens is 516 g/mol. The summed E-state index contributed by atoms with van der Waals surface area (Å²) in [7, 11) is 0. The highest BCUT2D eigenvalue weighted by molar-refractivity contribution is 7.91. The van der Waals surface area contributed by atoms with Crippen LogP contribution in [0.5, 0.6) is 5.75 Å². The lowest BCUT2D eigenvalue weighted by molar-refractivity contribution is -0.159. The van der Waals surface area contributed by atoms with E-state index in [-0.39, 0.29) is 0 Å². The zero-order valence-corrected chi connectivity index (χ0v) is 24.3. The van der Waals surface area contributed by atoms with Crippen LogP contribution in [-0.4, -0.2) is 62.2 Å². The average Bonchev–Trinajstić information content (AvgIpc) is 3.32. The molecule has 0 aliphatic rings. The lowest BCUT2D eigenvalue weighted by Crippen LogP contribution is -2.28. The van der Waals surface area contributed by atoms with Crippen molar-refractivity contribution in [3.05, 3.63) is 60.4 Å². The second-order valence-corrected chi connectivity index (χ2v) is 11.1. The van der Waals surface area contributed by atoms with Crippen molar-refractivity contribution in [3.8, 4) is 5.75 Å². The molecule has 1 unspecified atom stereocenters. The Hall–Kier alpha value is -3.01. The van der Waals surface area contributed by atoms with Crippen LogP contribution in [0.15, 0.2) is 64.6 Å². The van der Waals surface area contributed by atoms with E-state index in [2.05, 4.69) is 43.2 Å². The highest BCUT2D eigenvalue weighted by atomic mass is 32.2. The molecule has 9 heteroatoms. The van der Waals surface area contributed by atoms with Gasteiger partial charge in [-0.05, 0) is 74.7 Å². The first kappa shape index (κ1) is 32.2. The number of rotatable bonds is 14. The van der Waals surface area contributed by atoms with Crippen molar-refractivity contribution in [3.63, 3.8) is 0 Å². The maximum absolute atomic E-state index is 13.5. The predicted octanol–water partition coefficient (Wildman–Crippen LogP) is 6.06. The third-order valence-corrected chi connectivity index (χ3v) is 7.75. The van der Waals surface area contributed by atoms with Crippen molar-refractivity contribution in [1.82, 2.24) is 9.30 Å². The number of carbonyl (C=O) groups is 2. The van der Waals surface area contributed by atoms with Crippen LogP contribution in [0, 0.1) is 0 Å². The fraction of sp³-hybridized carbons (Fsp3) is 0.467. The van der Waals surface area contributed by atoms with Crippen molar-refractivity contribution in [2.75, 3.05) is 26.2 Å². The number of unbranched alkanes of at least 4 members (excludes halogenated alkanes) is 2. The Morgan fingerprint density at radius 2 is 1.54 bits per heavy atom. The molecule has 0 amide bonds. The Labute approximate surface area is 234 Å². The molecule has 0 spiro atoms. The summed E-state index contributed by atoms with van der Waals surface area (Å²) in [6, 6.07) is 13.8. The molecule has 3 rings (SSSR count). The first-order chi connectivity index (χ1) is 18.7. The molecule has 1 aromatic carbocycles. The minimum Gasteiger partial charge on any atom is -0.606 e. The molecule has 3 aromatic rings.